The van der Waals surface area contributed by atoms with E-state index in [9.17, 15) is 14.7 Å². The van der Waals surface area contributed by atoms with Crippen LogP contribution in [0.5, 0.6) is 5.75 Å². The van der Waals surface area contributed by atoms with E-state index in [1.54, 1.807) is 24.3 Å². The van der Waals surface area contributed by atoms with Crippen LogP contribution in [0.25, 0.3) is 0 Å². The average Bonchev–Trinajstić information content (AvgIpc) is 2.63. The molecule has 1 atom stereocenters. The number of carboxylic acids is 1. The minimum atomic E-state index is -1.00. The van der Waals surface area contributed by atoms with E-state index in [0.717, 1.165) is 16.3 Å². The summed E-state index contributed by atoms with van der Waals surface area (Å²) >= 11 is 6.54. The Morgan fingerprint density at radius 3 is 2.57 bits per heavy atom. The zero-order chi connectivity index (χ0) is 20.8. The lowest BCUT2D eigenvalue weighted by molar-refractivity contribution is -0.145. The van der Waals surface area contributed by atoms with Gasteiger partial charge in [-0.3, -0.25) is 4.79 Å². The predicted octanol–water partition coefficient (Wildman–Crippen LogP) is 4.90. The Labute approximate surface area is 204 Å². The highest BCUT2D eigenvalue weighted by Gasteiger charge is 2.19. The number of carbonyl (C=O) groups is 2. The zero-order valence-corrected chi connectivity index (χ0v) is 21.4. The molecule has 0 bridgehead atoms. The molecule has 0 fully saturated rings. The predicted molar refractivity (Wildman–Crippen MR) is 135 cm³/mol. The van der Waals surface area contributed by atoms with Crippen LogP contribution in [0, 0.1) is 10.7 Å². The van der Waals surface area contributed by atoms with Crippen LogP contribution in [0.1, 0.15) is 25.3 Å². The maximum absolute atomic E-state index is 12.5. The lowest BCUT2D eigenvalue weighted by Gasteiger charge is -2.15. The molecule has 0 saturated heterocycles. The van der Waals surface area contributed by atoms with Gasteiger partial charge in [-0.05, 0) is 98.0 Å². The number of anilines is 2. The number of carboxylic acid groups (broad SMARTS) is 1. The standard InChI is InChI=1S/C19H19I3N2O4/c1-2-4-15(19(26)27)28-11-6-3-5-10(7-11)24-16(25)8-12-13(20)9-14(21)18(23)17(12)22/h3,5-7,9,15H,2,4,8,23H2,1H3,(H,24,25)(H,26,27). The number of hydrogen-bond acceptors (Lipinski definition) is 4. The Hall–Kier alpha value is -0.830. The molecule has 2 aromatic carbocycles. The molecule has 1 amide bonds. The van der Waals surface area contributed by atoms with Gasteiger partial charge in [0.25, 0.3) is 0 Å². The monoisotopic (exact) mass is 720 g/mol. The van der Waals surface area contributed by atoms with Crippen LogP contribution in [-0.2, 0) is 16.0 Å². The summed E-state index contributed by atoms with van der Waals surface area (Å²) in [6.45, 7) is 1.90. The van der Waals surface area contributed by atoms with E-state index >= 15 is 0 Å². The van der Waals surface area contributed by atoms with Gasteiger partial charge in [0.05, 0.1) is 12.1 Å². The number of benzene rings is 2. The number of carbonyl (C=O) groups excluding carboxylic acids is 1. The third-order valence-corrected chi connectivity index (χ3v) is 6.95. The van der Waals surface area contributed by atoms with Crippen LogP contribution in [0.4, 0.5) is 11.4 Å². The second-order valence-corrected chi connectivity index (χ2v) is 9.44. The van der Waals surface area contributed by atoms with Crippen LogP contribution in [0.15, 0.2) is 30.3 Å². The molecule has 4 N–H and O–H groups in total. The summed E-state index contributed by atoms with van der Waals surface area (Å²) in [5.74, 6) is -0.782. The molecule has 28 heavy (non-hydrogen) atoms. The summed E-state index contributed by atoms with van der Waals surface area (Å²) in [6.07, 6.45) is 0.394. The van der Waals surface area contributed by atoms with E-state index in [1.165, 1.54) is 0 Å². The second kappa shape index (κ2) is 10.8. The van der Waals surface area contributed by atoms with E-state index in [4.69, 9.17) is 10.5 Å². The first kappa shape index (κ1) is 23.4. The summed E-state index contributed by atoms with van der Waals surface area (Å²) in [5.41, 5.74) is 8.19. The van der Waals surface area contributed by atoms with Crippen molar-refractivity contribution < 1.29 is 19.4 Å². The molecular weight excluding hydrogens is 701 g/mol. The number of nitrogens with two attached hydrogens (primary N) is 1. The topological polar surface area (TPSA) is 102 Å². The van der Waals surface area contributed by atoms with E-state index in [-0.39, 0.29) is 12.3 Å². The molecule has 0 aliphatic carbocycles. The number of halogens is 3. The van der Waals surface area contributed by atoms with Crippen LogP contribution in [0.3, 0.4) is 0 Å². The minimum Gasteiger partial charge on any atom is -0.479 e. The van der Waals surface area contributed by atoms with Gasteiger partial charge in [0.1, 0.15) is 5.75 Å². The van der Waals surface area contributed by atoms with Crippen molar-refractivity contribution in [1.29, 1.82) is 0 Å². The van der Waals surface area contributed by atoms with E-state index in [1.807, 2.05) is 13.0 Å². The number of aliphatic carboxylic acids is 1. The van der Waals surface area contributed by atoms with Gasteiger partial charge in [-0.15, -0.1) is 0 Å². The summed E-state index contributed by atoms with van der Waals surface area (Å²) in [7, 11) is 0. The summed E-state index contributed by atoms with van der Waals surface area (Å²) in [5, 5.41) is 12.1. The molecule has 0 aliphatic heterocycles. The van der Waals surface area contributed by atoms with Crippen molar-refractivity contribution in [2.75, 3.05) is 11.1 Å². The van der Waals surface area contributed by atoms with Gasteiger partial charge < -0.3 is 20.9 Å². The lowest BCUT2D eigenvalue weighted by atomic mass is 10.1. The van der Waals surface area contributed by atoms with Gasteiger partial charge in [0, 0.05) is 22.5 Å². The molecular formula is C19H19I3N2O4. The summed E-state index contributed by atoms with van der Waals surface area (Å²) in [6, 6.07) is 8.70. The van der Waals surface area contributed by atoms with Crippen LogP contribution in [0.2, 0.25) is 0 Å². The highest BCUT2D eigenvalue weighted by Crippen LogP contribution is 2.30. The molecule has 0 saturated carbocycles. The van der Waals surface area contributed by atoms with Crippen LogP contribution >= 0.6 is 67.8 Å². The summed E-state index contributed by atoms with van der Waals surface area (Å²) < 4.78 is 8.37. The molecule has 150 valence electrons. The first-order chi connectivity index (χ1) is 13.2. The molecule has 0 spiro atoms. The van der Waals surface area contributed by atoms with E-state index in [2.05, 4.69) is 73.1 Å². The van der Waals surface area contributed by atoms with Gasteiger partial charge in [0.2, 0.25) is 5.91 Å². The average molecular weight is 720 g/mol. The SMILES string of the molecule is CCCC(Oc1cccc(NC(=O)Cc2c(I)cc(I)c(N)c2I)c1)C(=O)O. The molecule has 2 aromatic rings. The third kappa shape index (κ3) is 6.34. The Bertz CT molecular complexity index is 890. The van der Waals surface area contributed by atoms with Crippen molar-refractivity contribution >= 4 is 91.0 Å². The number of nitrogens with one attached hydrogen (secondary N) is 1. The molecule has 0 radical (unpaired) electrons. The Morgan fingerprint density at radius 1 is 1.21 bits per heavy atom. The molecule has 0 heterocycles. The van der Waals surface area contributed by atoms with Gasteiger partial charge in [-0.1, -0.05) is 19.4 Å². The van der Waals surface area contributed by atoms with Crippen molar-refractivity contribution in [3.05, 3.63) is 46.6 Å². The Kier molecular flexibility index (Phi) is 9.05. The van der Waals surface area contributed by atoms with E-state index in [0.29, 0.717) is 30.0 Å². The zero-order valence-electron chi connectivity index (χ0n) is 15.0. The number of rotatable bonds is 8. The Morgan fingerprint density at radius 2 is 1.93 bits per heavy atom. The van der Waals surface area contributed by atoms with Crippen molar-refractivity contribution in [2.45, 2.75) is 32.3 Å². The number of nitrogen functional groups attached to an aromatic ring is 1. The first-order valence-electron chi connectivity index (χ1n) is 8.44. The third-order valence-electron chi connectivity index (χ3n) is 3.86. The largest absolute Gasteiger partial charge is 0.479 e. The first-order valence-corrected chi connectivity index (χ1v) is 11.7. The molecule has 0 aliphatic rings. The lowest BCUT2D eigenvalue weighted by Crippen LogP contribution is -2.26. The smallest absolute Gasteiger partial charge is 0.344 e. The molecule has 2 rings (SSSR count). The maximum atomic E-state index is 12.5. The maximum Gasteiger partial charge on any atom is 0.344 e. The van der Waals surface area contributed by atoms with E-state index < -0.39 is 12.1 Å². The highest BCUT2D eigenvalue weighted by atomic mass is 127. The number of amides is 1. The minimum absolute atomic E-state index is 0.183. The van der Waals surface area contributed by atoms with Gasteiger partial charge in [0.15, 0.2) is 6.10 Å². The van der Waals surface area contributed by atoms with Gasteiger partial charge in [-0.25, -0.2) is 4.79 Å². The number of hydrogen-bond donors (Lipinski definition) is 3. The quantitative estimate of drug-likeness (QED) is 0.267. The molecule has 9 heteroatoms. The van der Waals surface area contributed by atoms with Crippen LogP contribution in [-0.4, -0.2) is 23.1 Å². The van der Waals surface area contributed by atoms with Crippen molar-refractivity contribution in [2.24, 2.45) is 0 Å². The fourth-order valence-corrected chi connectivity index (χ4v) is 6.24. The van der Waals surface area contributed by atoms with Crippen LogP contribution < -0.4 is 15.8 Å². The van der Waals surface area contributed by atoms with Gasteiger partial charge >= 0.3 is 5.97 Å². The molecule has 0 aromatic heterocycles. The fraction of sp³-hybridized carbons (Fsp3) is 0.263. The Balaban J connectivity index is 2.11. The van der Waals surface area contributed by atoms with Crippen molar-refractivity contribution in [3.63, 3.8) is 0 Å². The number of ether oxygens (including phenoxy) is 1. The highest BCUT2D eigenvalue weighted by molar-refractivity contribution is 14.1. The molecule has 6 nitrogen and oxygen atoms in total. The van der Waals surface area contributed by atoms with Crippen molar-refractivity contribution in [3.8, 4) is 5.75 Å². The molecule has 1 unspecified atom stereocenters. The normalized spacial score (nSPS) is 11.7. The second-order valence-electron chi connectivity index (χ2n) is 6.03. The fourth-order valence-electron chi connectivity index (χ4n) is 2.48. The summed E-state index contributed by atoms with van der Waals surface area (Å²) in [4.78, 5) is 23.8. The van der Waals surface area contributed by atoms with Gasteiger partial charge in [-0.2, -0.15) is 0 Å². The van der Waals surface area contributed by atoms with Crippen molar-refractivity contribution in [1.82, 2.24) is 0 Å².